The van der Waals surface area contributed by atoms with Crippen LogP contribution < -0.4 is 15.8 Å². The van der Waals surface area contributed by atoms with E-state index in [2.05, 4.69) is 29.3 Å². The normalized spacial score (nSPS) is 16.9. The smallest absolute Gasteiger partial charge is 0.262 e. The summed E-state index contributed by atoms with van der Waals surface area (Å²) in [5, 5.41) is 2.85. The van der Waals surface area contributed by atoms with Crippen molar-refractivity contribution in [3.8, 4) is 5.75 Å². The van der Waals surface area contributed by atoms with E-state index in [1.165, 1.54) is 18.4 Å². The highest BCUT2D eigenvalue weighted by molar-refractivity contribution is 5.91. The molecule has 1 aliphatic rings. The van der Waals surface area contributed by atoms with Gasteiger partial charge in [0.2, 0.25) is 5.91 Å². The molecule has 0 radical (unpaired) electrons. The molecule has 3 rings (SSSR count). The van der Waals surface area contributed by atoms with Crippen molar-refractivity contribution >= 4 is 17.5 Å². The van der Waals surface area contributed by atoms with Crippen molar-refractivity contribution in [1.82, 2.24) is 4.90 Å². The topological polar surface area (TPSA) is 84.7 Å². The number of hydrogen-bond donors (Lipinski definition) is 2. The second-order valence-electron chi connectivity index (χ2n) is 7.80. The number of nitrogens with zero attached hydrogens (tertiary/aromatic N) is 1. The number of benzene rings is 2. The number of carbonyl (C=O) groups excluding carboxylic acids is 2. The van der Waals surface area contributed by atoms with E-state index < -0.39 is 0 Å². The first-order valence-electron chi connectivity index (χ1n) is 10.1. The summed E-state index contributed by atoms with van der Waals surface area (Å²) in [7, 11) is 0. The van der Waals surface area contributed by atoms with Crippen molar-refractivity contribution in [2.75, 3.05) is 25.0 Å². The number of carbonyl (C=O) groups is 2. The van der Waals surface area contributed by atoms with Crippen LogP contribution in [-0.4, -0.2) is 36.4 Å². The third-order valence-electron chi connectivity index (χ3n) is 5.06. The zero-order chi connectivity index (χ0) is 20.6. The zero-order valence-corrected chi connectivity index (χ0v) is 16.9. The lowest BCUT2D eigenvalue weighted by Crippen LogP contribution is -2.33. The Balaban J connectivity index is 1.43. The Labute approximate surface area is 172 Å². The van der Waals surface area contributed by atoms with Gasteiger partial charge in [0.15, 0.2) is 6.61 Å². The Kier molecular flexibility index (Phi) is 7.25. The van der Waals surface area contributed by atoms with Crippen LogP contribution in [0.3, 0.4) is 0 Å². The van der Waals surface area contributed by atoms with Crippen LogP contribution in [0.2, 0.25) is 0 Å². The molecule has 0 spiro atoms. The number of primary amides is 1. The van der Waals surface area contributed by atoms with E-state index in [0.29, 0.717) is 5.75 Å². The van der Waals surface area contributed by atoms with Crippen LogP contribution in [0, 0.1) is 5.92 Å². The Morgan fingerprint density at radius 1 is 1.10 bits per heavy atom. The van der Waals surface area contributed by atoms with E-state index in [0.717, 1.165) is 36.8 Å². The maximum absolute atomic E-state index is 12.1. The lowest BCUT2D eigenvalue weighted by molar-refractivity contribution is -0.118. The average molecular weight is 396 g/mol. The number of anilines is 1. The van der Waals surface area contributed by atoms with Crippen molar-refractivity contribution < 1.29 is 14.3 Å². The van der Waals surface area contributed by atoms with Crippen molar-refractivity contribution in [2.45, 2.75) is 32.7 Å². The first-order chi connectivity index (χ1) is 14.0. The monoisotopic (exact) mass is 395 g/mol. The molecule has 2 aromatic rings. The Hall–Kier alpha value is -2.86. The van der Waals surface area contributed by atoms with Gasteiger partial charge in [-0.15, -0.1) is 0 Å². The lowest BCUT2D eigenvalue weighted by Gasteiger charge is -2.30. The van der Waals surface area contributed by atoms with Gasteiger partial charge in [-0.1, -0.05) is 31.2 Å². The molecule has 2 amide bonds. The van der Waals surface area contributed by atoms with Gasteiger partial charge in [-0.25, -0.2) is 0 Å². The van der Waals surface area contributed by atoms with Gasteiger partial charge in [-0.2, -0.15) is 0 Å². The van der Waals surface area contributed by atoms with Gasteiger partial charge in [0.05, 0.1) is 6.42 Å². The van der Waals surface area contributed by atoms with E-state index in [1.807, 2.05) is 12.1 Å². The molecule has 3 N–H and O–H groups in total. The number of nitrogens with one attached hydrogen (secondary N) is 1. The molecule has 1 fully saturated rings. The summed E-state index contributed by atoms with van der Waals surface area (Å²) in [4.78, 5) is 25.5. The molecule has 6 nitrogen and oxygen atoms in total. The predicted molar refractivity (Wildman–Crippen MR) is 114 cm³/mol. The molecule has 29 heavy (non-hydrogen) atoms. The number of nitrogens with two attached hydrogens (primary N) is 1. The van der Waals surface area contributed by atoms with E-state index >= 15 is 0 Å². The van der Waals surface area contributed by atoms with Crippen LogP contribution >= 0.6 is 0 Å². The summed E-state index contributed by atoms with van der Waals surface area (Å²) >= 11 is 0. The largest absolute Gasteiger partial charge is 0.484 e. The minimum atomic E-state index is -0.380. The van der Waals surface area contributed by atoms with Crippen molar-refractivity contribution in [2.24, 2.45) is 11.7 Å². The number of amides is 2. The molecule has 1 saturated heterocycles. The third-order valence-corrected chi connectivity index (χ3v) is 5.06. The first-order valence-corrected chi connectivity index (χ1v) is 10.1. The molecule has 0 aliphatic carbocycles. The highest BCUT2D eigenvalue weighted by atomic mass is 16.5. The molecule has 154 valence electrons. The second kappa shape index (κ2) is 10.1. The highest BCUT2D eigenvalue weighted by Gasteiger charge is 2.16. The molecule has 1 aliphatic heterocycles. The Morgan fingerprint density at radius 2 is 1.79 bits per heavy atom. The molecule has 0 aromatic heterocycles. The SMILES string of the molecule is CC1CCCN(Cc2ccc(NC(=O)COc3ccc(CC(N)=O)cc3)cc2)C1. The number of likely N-dealkylation sites (tertiary alicyclic amines) is 1. The summed E-state index contributed by atoms with van der Waals surface area (Å²) in [6.45, 7) is 5.49. The van der Waals surface area contributed by atoms with E-state index in [4.69, 9.17) is 10.5 Å². The number of piperidine rings is 1. The van der Waals surface area contributed by atoms with Crippen LogP contribution in [0.15, 0.2) is 48.5 Å². The van der Waals surface area contributed by atoms with Gasteiger partial charge >= 0.3 is 0 Å². The first kappa shape index (κ1) is 20.9. The molecule has 1 unspecified atom stereocenters. The fourth-order valence-electron chi connectivity index (χ4n) is 3.63. The summed E-state index contributed by atoms with van der Waals surface area (Å²) in [6.07, 6.45) is 2.78. The second-order valence-corrected chi connectivity index (χ2v) is 7.80. The summed E-state index contributed by atoms with van der Waals surface area (Å²) in [6, 6.07) is 15.0. The van der Waals surface area contributed by atoms with E-state index in [1.54, 1.807) is 24.3 Å². The van der Waals surface area contributed by atoms with Gasteiger partial charge in [0.25, 0.3) is 5.91 Å². The lowest BCUT2D eigenvalue weighted by atomic mass is 10.00. The predicted octanol–water partition coefficient (Wildman–Crippen LogP) is 2.96. The summed E-state index contributed by atoms with van der Waals surface area (Å²) < 4.78 is 5.50. The number of hydrogen-bond acceptors (Lipinski definition) is 4. The maximum Gasteiger partial charge on any atom is 0.262 e. The van der Waals surface area contributed by atoms with Crippen LogP contribution in [0.25, 0.3) is 0 Å². The molecule has 0 saturated carbocycles. The van der Waals surface area contributed by atoms with Gasteiger partial charge in [0.1, 0.15) is 5.75 Å². The summed E-state index contributed by atoms with van der Waals surface area (Å²) in [5.41, 5.74) is 7.99. The standard InChI is InChI=1S/C23H29N3O3/c1-17-3-2-12-26(14-17)15-19-4-8-20(9-5-19)25-23(28)16-29-21-10-6-18(7-11-21)13-22(24)27/h4-11,17H,2-3,12-16H2,1H3,(H2,24,27)(H,25,28). The minimum absolute atomic E-state index is 0.0808. The molecule has 1 heterocycles. The molecule has 1 atom stereocenters. The van der Waals surface area contributed by atoms with E-state index in [-0.39, 0.29) is 24.8 Å². The van der Waals surface area contributed by atoms with Crippen LogP contribution in [0.1, 0.15) is 30.9 Å². The highest BCUT2D eigenvalue weighted by Crippen LogP contribution is 2.19. The molecule has 6 heteroatoms. The molecule has 2 aromatic carbocycles. The molecular weight excluding hydrogens is 366 g/mol. The van der Waals surface area contributed by atoms with Crippen molar-refractivity contribution in [1.29, 1.82) is 0 Å². The zero-order valence-electron chi connectivity index (χ0n) is 16.9. The quantitative estimate of drug-likeness (QED) is 0.720. The van der Waals surface area contributed by atoms with Crippen molar-refractivity contribution in [3.63, 3.8) is 0 Å². The summed E-state index contributed by atoms with van der Waals surface area (Å²) in [5.74, 6) is 0.736. The Bertz CT molecular complexity index is 818. The number of ether oxygens (including phenoxy) is 1. The van der Waals surface area contributed by atoms with Gasteiger partial charge < -0.3 is 15.8 Å². The average Bonchev–Trinajstić information content (AvgIpc) is 2.69. The molecular formula is C23H29N3O3. The minimum Gasteiger partial charge on any atom is -0.484 e. The fourth-order valence-corrected chi connectivity index (χ4v) is 3.63. The van der Waals surface area contributed by atoms with Crippen LogP contribution in [0.4, 0.5) is 5.69 Å². The van der Waals surface area contributed by atoms with Crippen molar-refractivity contribution in [3.05, 3.63) is 59.7 Å². The van der Waals surface area contributed by atoms with Gasteiger partial charge in [-0.05, 0) is 60.7 Å². The van der Waals surface area contributed by atoms with Crippen LogP contribution in [0.5, 0.6) is 5.75 Å². The van der Waals surface area contributed by atoms with Gasteiger partial charge in [0, 0.05) is 18.8 Å². The van der Waals surface area contributed by atoms with Gasteiger partial charge in [-0.3, -0.25) is 14.5 Å². The number of rotatable bonds is 8. The third kappa shape index (κ3) is 6.91. The molecule has 0 bridgehead atoms. The van der Waals surface area contributed by atoms with Crippen LogP contribution in [-0.2, 0) is 22.6 Å². The Morgan fingerprint density at radius 3 is 2.45 bits per heavy atom. The maximum atomic E-state index is 12.1. The van der Waals surface area contributed by atoms with E-state index in [9.17, 15) is 9.59 Å². The fraction of sp³-hybridized carbons (Fsp3) is 0.391.